The molecular weight excluding hydrogens is 180 g/mol. The number of carbonyl (C=O) groups is 1. The quantitative estimate of drug-likeness (QED) is 0.627. The molecule has 0 aliphatic rings. The smallest absolute Gasteiger partial charge is 0.224 e. The molecule has 14 heavy (non-hydrogen) atoms. The molecule has 0 bridgehead atoms. The number of nitrogens with zero attached hydrogens (tertiary/aromatic N) is 1. The van der Waals surface area contributed by atoms with Crippen molar-refractivity contribution in [3.05, 3.63) is 0 Å². The zero-order valence-electron chi connectivity index (χ0n) is 9.29. The molecule has 0 atom stereocenters. The summed E-state index contributed by atoms with van der Waals surface area (Å²) in [5.74, 6) is 0.144. The van der Waals surface area contributed by atoms with E-state index < -0.39 is 0 Å². The molecule has 0 aromatic heterocycles. The largest absolute Gasteiger partial charge is 0.384 e. The summed E-state index contributed by atoms with van der Waals surface area (Å²) in [6.07, 6.45) is 2.59. The van der Waals surface area contributed by atoms with Crippen LogP contribution in [0.5, 0.6) is 0 Å². The molecule has 0 saturated carbocycles. The van der Waals surface area contributed by atoms with Gasteiger partial charge in [-0.15, -0.1) is 0 Å². The molecule has 84 valence electrons. The van der Waals surface area contributed by atoms with Crippen LogP contribution in [0.15, 0.2) is 0 Å². The van der Waals surface area contributed by atoms with Crippen LogP contribution < -0.4 is 5.73 Å². The minimum absolute atomic E-state index is 0.144. The fraction of sp³-hybridized carbons (Fsp3) is 0.900. The molecule has 4 nitrogen and oxygen atoms in total. The average Bonchev–Trinajstić information content (AvgIpc) is 2.20. The standard InChI is InChI=1S/C10H22N2O2/c1-3-4-7-12(8-6-11)10(13)5-9-14-2/h3-9,11H2,1-2H3. The fourth-order valence-corrected chi connectivity index (χ4v) is 1.21. The predicted octanol–water partition coefficient (Wildman–Crippen LogP) is 0.610. The second-order valence-electron chi connectivity index (χ2n) is 3.27. The monoisotopic (exact) mass is 202 g/mol. The second kappa shape index (κ2) is 8.97. The van der Waals surface area contributed by atoms with E-state index in [2.05, 4.69) is 6.92 Å². The van der Waals surface area contributed by atoms with Gasteiger partial charge in [-0.25, -0.2) is 0 Å². The van der Waals surface area contributed by atoms with Gasteiger partial charge in [-0.2, -0.15) is 0 Å². The van der Waals surface area contributed by atoms with Crippen molar-refractivity contribution in [2.75, 3.05) is 33.4 Å². The molecular formula is C10H22N2O2. The molecule has 0 heterocycles. The van der Waals surface area contributed by atoms with Gasteiger partial charge in [0.05, 0.1) is 13.0 Å². The minimum Gasteiger partial charge on any atom is -0.384 e. The van der Waals surface area contributed by atoms with Gasteiger partial charge in [-0.1, -0.05) is 13.3 Å². The highest BCUT2D eigenvalue weighted by atomic mass is 16.5. The Balaban J connectivity index is 3.84. The van der Waals surface area contributed by atoms with Gasteiger partial charge in [-0.05, 0) is 6.42 Å². The zero-order valence-corrected chi connectivity index (χ0v) is 9.29. The van der Waals surface area contributed by atoms with Crippen molar-refractivity contribution in [2.24, 2.45) is 5.73 Å². The lowest BCUT2D eigenvalue weighted by Crippen LogP contribution is -2.36. The summed E-state index contributed by atoms with van der Waals surface area (Å²) < 4.78 is 4.87. The molecule has 0 aliphatic carbocycles. The van der Waals surface area contributed by atoms with E-state index in [4.69, 9.17) is 10.5 Å². The maximum absolute atomic E-state index is 11.6. The van der Waals surface area contributed by atoms with Crippen LogP contribution in [-0.4, -0.2) is 44.2 Å². The number of carbonyl (C=O) groups excluding carboxylic acids is 1. The van der Waals surface area contributed by atoms with E-state index in [-0.39, 0.29) is 5.91 Å². The van der Waals surface area contributed by atoms with Crippen molar-refractivity contribution in [1.29, 1.82) is 0 Å². The number of unbranched alkanes of at least 4 members (excludes halogenated alkanes) is 1. The van der Waals surface area contributed by atoms with E-state index in [1.807, 2.05) is 4.90 Å². The van der Waals surface area contributed by atoms with Crippen LogP contribution in [0.1, 0.15) is 26.2 Å². The summed E-state index contributed by atoms with van der Waals surface area (Å²) in [7, 11) is 1.60. The Morgan fingerprint density at radius 1 is 1.43 bits per heavy atom. The van der Waals surface area contributed by atoms with Gasteiger partial charge in [0.2, 0.25) is 5.91 Å². The molecule has 4 heteroatoms. The number of hydrogen-bond donors (Lipinski definition) is 1. The molecule has 0 aromatic rings. The van der Waals surface area contributed by atoms with Gasteiger partial charge >= 0.3 is 0 Å². The Bertz CT molecular complexity index is 151. The Morgan fingerprint density at radius 2 is 2.14 bits per heavy atom. The van der Waals surface area contributed by atoms with E-state index in [0.29, 0.717) is 26.1 Å². The number of hydrogen-bond acceptors (Lipinski definition) is 3. The van der Waals surface area contributed by atoms with Crippen LogP contribution in [0.4, 0.5) is 0 Å². The zero-order chi connectivity index (χ0) is 10.8. The van der Waals surface area contributed by atoms with Crippen molar-refractivity contribution in [3.8, 4) is 0 Å². The summed E-state index contributed by atoms with van der Waals surface area (Å²) in [5, 5.41) is 0. The normalized spacial score (nSPS) is 10.2. The van der Waals surface area contributed by atoms with E-state index in [1.165, 1.54) is 0 Å². The molecule has 0 rings (SSSR count). The molecule has 0 aliphatic heterocycles. The van der Waals surface area contributed by atoms with Crippen LogP contribution in [0, 0.1) is 0 Å². The topological polar surface area (TPSA) is 55.6 Å². The third kappa shape index (κ3) is 5.94. The first-order chi connectivity index (χ1) is 6.76. The molecule has 0 radical (unpaired) electrons. The Hall–Kier alpha value is -0.610. The van der Waals surface area contributed by atoms with E-state index in [9.17, 15) is 4.79 Å². The summed E-state index contributed by atoms with van der Waals surface area (Å²) in [6, 6.07) is 0. The van der Waals surface area contributed by atoms with Gasteiger partial charge in [0.1, 0.15) is 0 Å². The minimum atomic E-state index is 0.144. The van der Waals surface area contributed by atoms with Crippen LogP contribution in [0.2, 0.25) is 0 Å². The van der Waals surface area contributed by atoms with Crippen molar-refractivity contribution in [1.82, 2.24) is 4.90 Å². The van der Waals surface area contributed by atoms with Crippen molar-refractivity contribution >= 4 is 5.91 Å². The van der Waals surface area contributed by atoms with Crippen molar-refractivity contribution < 1.29 is 9.53 Å². The first-order valence-corrected chi connectivity index (χ1v) is 5.23. The average molecular weight is 202 g/mol. The van der Waals surface area contributed by atoms with Gasteiger partial charge in [-0.3, -0.25) is 4.79 Å². The lowest BCUT2D eigenvalue weighted by molar-refractivity contribution is -0.132. The lowest BCUT2D eigenvalue weighted by atomic mass is 10.3. The summed E-state index contributed by atoms with van der Waals surface area (Å²) in [6.45, 7) is 4.60. The highest BCUT2D eigenvalue weighted by Crippen LogP contribution is 1.98. The summed E-state index contributed by atoms with van der Waals surface area (Å²) in [5.41, 5.74) is 5.44. The highest BCUT2D eigenvalue weighted by molar-refractivity contribution is 5.76. The number of amides is 1. The van der Waals surface area contributed by atoms with Gasteiger partial charge < -0.3 is 15.4 Å². The van der Waals surface area contributed by atoms with E-state index in [0.717, 1.165) is 19.4 Å². The number of ether oxygens (including phenoxy) is 1. The van der Waals surface area contributed by atoms with Gasteiger partial charge in [0, 0.05) is 26.7 Å². The van der Waals surface area contributed by atoms with Crippen LogP contribution in [0.25, 0.3) is 0 Å². The second-order valence-corrected chi connectivity index (χ2v) is 3.27. The predicted molar refractivity (Wildman–Crippen MR) is 57.0 cm³/mol. The third-order valence-corrected chi connectivity index (χ3v) is 2.05. The van der Waals surface area contributed by atoms with E-state index >= 15 is 0 Å². The molecule has 0 unspecified atom stereocenters. The Labute approximate surface area is 86.4 Å². The highest BCUT2D eigenvalue weighted by Gasteiger charge is 2.10. The van der Waals surface area contributed by atoms with Crippen molar-refractivity contribution in [2.45, 2.75) is 26.2 Å². The van der Waals surface area contributed by atoms with Gasteiger partial charge in [0.25, 0.3) is 0 Å². The Morgan fingerprint density at radius 3 is 2.64 bits per heavy atom. The number of rotatable bonds is 8. The lowest BCUT2D eigenvalue weighted by Gasteiger charge is -2.21. The summed E-state index contributed by atoms with van der Waals surface area (Å²) in [4.78, 5) is 13.4. The Kier molecular flexibility index (Phi) is 8.57. The number of methoxy groups -OCH3 is 1. The molecule has 0 aromatic carbocycles. The van der Waals surface area contributed by atoms with E-state index in [1.54, 1.807) is 7.11 Å². The fourth-order valence-electron chi connectivity index (χ4n) is 1.21. The first kappa shape index (κ1) is 13.4. The van der Waals surface area contributed by atoms with Crippen LogP contribution in [0.3, 0.4) is 0 Å². The maximum atomic E-state index is 11.6. The molecule has 0 saturated heterocycles. The SMILES string of the molecule is CCCCN(CCN)C(=O)CCOC. The molecule has 0 spiro atoms. The molecule has 0 fully saturated rings. The molecule has 2 N–H and O–H groups in total. The van der Waals surface area contributed by atoms with Gasteiger partial charge in [0.15, 0.2) is 0 Å². The van der Waals surface area contributed by atoms with Crippen LogP contribution >= 0.6 is 0 Å². The summed E-state index contributed by atoms with van der Waals surface area (Å²) >= 11 is 0. The molecule has 1 amide bonds. The third-order valence-electron chi connectivity index (χ3n) is 2.05. The first-order valence-electron chi connectivity index (χ1n) is 5.23. The van der Waals surface area contributed by atoms with Crippen molar-refractivity contribution in [3.63, 3.8) is 0 Å². The van der Waals surface area contributed by atoms with Crippen LogP contribution in [-0.2, 0) is 9.53 Å². The number of nitrogens with two attached hydrogens (primary N) is 1. The maximum Gasteiger partial charge on any atom is 0.224 e.